The third-order valence-corrected chi connectivity index (χ3v) is 3.23. The highest BCUT2D eigenvalue weighted by molar-refractivity contribution is 6.30. The van der Waals surface area contributed by atoms with E-state index in [0.29, 0.717) is 5.82 Å². The first kappa shape index (κ1) is 14.3. The van der Waals surface area contributed by atoms with Gasteiger partial charge >= 0.3 is 5.69 Å². The number of ether oxygens (including phenoxy) is 1. The summed E-state index contributed by atoms with van der Waals surface area (Å²) in [7, 11) is 3.06. The zero-order chi connectivity index (χ0) is 15.9. The normalized spacial score (nSPS) is 11.0. The van der Waals surface area contributed by atoms with Crippen LogP contribution in [0, 0.1) is 0 Å². The Morgan fingerprint density at radius 1 is 1.41 bits per heavy atom. The molecular formula is C12H11ClN6O3. The molecule has 0 saturated carbocycles. The number of nitrogens with one attached hydrogen (secondary N) is 1. The molecule has 10 heteroatoms. The van der Waals surface area contributed by atoms with E-state index in [1.807, 2.05) is 0 Å². The maximum atomic E-state index is 12.6. The predicted molar refractivity (Wildman–Crippen MR) is 78.3 cm³/mol. The highest BCUT2D eigenvalue weighted by atomic mass is 35.5. The number of nitrogens with zero attached hydrogens (tertiary/aromatic N) is 5. The van der Waals surface area contributed by atoms with Gasteiger partial charge in [0, 0.05) is 13.1 Å². The highest BCUT2D eigenvalue weighted by Crippen LogP contribution is 2.21. The van der Waals surface area contributed by atoms with Gasteiger partial charge in [0.25, 0.3) is 5.56 Å². The molecular weight excluding hydrogens is 312 g/mol. The third kappa shape index (κ3) is 2.35. The molecule has 0 aliphatic heterocycles. The average molecular weight is 323 g/mol. The number of H-pyrrole nitrogens is 1. The lowest BCUT2D eigenvalue weighted by molar-refractivity contribution is 0.402. The van der Waals surface area contributed by atoms with Gasteiger partial charge < -0.3 is 9.72 Å². The van der Waals surface area contributed by atoms with Crippen molar-refractivity contribution >= 4 is 22.5 Å². The minimum Gasteiger partial charge on any atom is -0.480 e. The zero-order valence-electron chi connectivity index (χ0n) is 11.7. The number of aromatic amines is 1. The second-order valence-electron chi connectivity index (χ2n) is 4.53. The number of aromatic nitrogens is 6. The summed E-state index contributed by atoms with van der Waals surface area (Å²) in [5.41, 5.74) is -0.876. The van der Waals surface area contributed by atoms with Gasteiger partial charge in [0.1, 0.15) is 16.9 Å². The Bertz CT molecular complexity index is 973. The standard InChI is InChI=1S/C12H11ClN6O3/c1-18-5-14-8(17-18)4-19-11(20)9-6(15-12(19)21)3-7(13)16-10(9)22-2/h3,5H,4H2,1-2H3,(H,15,21). The fourth-order valence-electron chi connectivity index (χ4n) is 2.10. The molecule has 0 atom stereocenters. The molecule has 22 heavy (non-hydrogen) atoms. The van der Waals surface area contributed by atoms with Gasteiger partial charge in [0.05, 0.1) is 19.2 Å². The molecule has 0 bridgehead atoms. The molecule has 0 fully saturated rings. The van der Waals surface area contributed by atoms with E-state index in [2.05, 4.69) is 20.1 Å². The number of fused-ring (bicyclic) bond motifs is 1. The van der Waals surface area contributed by atoms with Crippen LogP contribution in [0.4, 0.5) is 0 Å². The minimum atomic E-state index is -0.589. The monoisotopic (exact) mass is 322 g/mol. The van der Waals surface area contributed by atoms with Crippen LogP contribution in [-0.4, -0.2) is 36.4 Å². The van der Waals surface area contributed by atoms with Gasteiger partial charge in [-0.1, -0.05) is 11.6 Å². The fourth-order valence-corrected chi connectivity index (χ4v) is 2.28. The molecule has 0 amide bonds. The largest absolute Gasteiger partial charge is 0.480 e. The maximum absolute atomic E-state index is 12.6. The Morgan fingerprint density at radius 2 is 2.18 bits per heavy atom. The summed E-state index contributed by atoms with van der Waals surface area (Å²) in [5, 5.41) is 4.31. The van der Waals surface area contributed by atoms with Crippen LogP contribution in [-0.2, 0) is 13.6 Å². The van der Waals surface area contributed by atoms with Crippen molar-refractivity contribution in [3.63, 3.8) is 0 Å². The Kier molecular flexibility index (Phi) is 3.41. The van der Waals surface area contributed by atoms with E-state index >= 15 is 0 Å². The van der Waals surface area contributed by atoms with E-state index in [0.717, 1.165) is 4.57 Å². The van der Waals surface area contributed by atoms with Crippen LogP contribution >= 0.6 is 11.6 Å². The van der Waals surface area contributed by atoms with Crippen LogP contribution in [0.1, 0.15) is 5.82 Å². The quantitative estimate of drug-likeness (QED) is 0.676. The molecule has 3 heterocycles. The van der Waals surface area contributed by atoms with Gasteiger partial charge in [-0.2, -0.15) is 5.10 Å². The summed E-state index contributed by atoms with van der Waals surface area (Å²) in [4.78, 5) is 35.2. The van der Waals surface area contributed by atoms with Crippen LogP contribution in [0.3, 0.4) is 0 Å². The van der Waals surface area contributed by atoms with E-state index in [1.54, 1.807) is 7.05 Å². The predicted octanol–water partition coefficient (Wildman–Crippen LogP) is -0.0764. The molecule has 114 valence electrons. The molecule has 3 rings (SSSR count). The molecule has 0 spiro atoms. The fraction of sp³-hybridized carbons (Fsp3) is 0.250. The van der Waals surface area contributed by atoms with Gasteiger partial charge in [-0.15, -0.1) is 0 Å². The van der Waals surface area contributed by atoms with Crippen molar-refractivity contribution in [1.82, 2.24) is 29.3 Å². The summed E-state index contributed by atoms with van der Waals surface area (Å²) >= 11 is 5.83. The van der Waals surface area contributed by atoms with Gasteiger partial charge in [-0.25, -0.2) is 14.8 Å². The van der Waals surface area contributed by atoms with Crippen molar-refractivity contribution < 1.29 is 4.74 Å². The summed E-state index contributed by atoms with van der Waals surface area (Å²) in [6, 6.07) is 1.39. The summed E-state index contributed by atoms with van der Waals surface area (Å²) in [5.74, 6) is 0.391. The van der Waals surface area contributed by atoms with Crippen LogP contribution in [0.15, 0.2) is 22.0 Å². The number of pyridine rings is 1. The topological polar surface area (TPSA) is 108 Å². The number of methoxy groups -OCH3 is 1. The van der Waals surface area contributed by atoms with E-state index in [1.165, 1.54) is 24.2 Å². The first-order valence-corrected chi connectivity index (χ1v) is 6.59. The Morgan fingerprint density at radius 3 is 2.82 bits per heavy atom. The minimum absolute atomic E-state index is 0.0477. The molecule has 3 aromatic rings. The summed E-state index contributed by atoms with van der Waals surface area (Å²) in [6.07, 6.45) is 1.48. The van der Waals surface area contributed by atoms with Crippen molar-refractivity contribution in [3.05, 3.63) is 44.2 Å². The van der Waals surface area contributed by atoms with Crippen LogP contribution in [0.2, 0.25) is 5.15 Å². The van der Waals surface area contributed by atoms with Crippen molar-refractivity contribution in [2.24, 2.45) is 7.05 Å². The first-order chi connectivity index (χ1) is 10.5. The lowest BCUT2D eigenvalue weighted by Gasteiger charge is -2.07. The van der Waals surface area contributed by atoms with Crippen LogP contribution < -0.4 is 16.0 Å². The Balaban J connectivity index is 2.25. The molecule has 0 saturated heterocycles. The molecule has 0 aliphatic carbocycles. The SMILES string of the molecule is COc1nc(Cl)cc2[nH]c(=O)n(Cc3ncn(C)n3)c(=O)c12. The van der Waals surface area contributed by atoms with E-state index in [4.69, 9.17) is 16.3 Å². The Hall–Kier alpha value is -2.68. The lowest BCUT2D eigenvalue weighted by Crippen LogP contribution is -2.36. The Labute approximate surface area is 128 Å². The molecule has 1 N–H and O–H groups in total. The average Bonchev–Trinajstić information content (AvgIpc) is 2.87. The summed E-state index contributed by atoms with van der Waals surface area (Å²) < 4.78 is 7.54. The van der Waals surface area contributed by atoms with E-state index in [9.17, 15) is 9.59 Å². The van der Waals surface area contributed by atoms with Crippen molar-refractivity contribution in [1.29, 1.82) is 0 Å². The molecule has 9 nitrogen and oxygen atoms in total. The molecule has 0 aromatic carbocycles. The van der Waals surface area contributed by atoms with Gasteiger partial charge in [-0.05, 0) is 0 Å². The van der Waals surface area contributed by atoms with Gasteiger partial charge in [0.15, 0.2) is 5.82 Å². The molecule has 0 radical (unpaired) electrons. The molecule has 3 aromatic heterocycles. The van der Waals surface area contributed by atoms with Crippen LogP contribution in [0.5, 0.6) is 5.88 Å². The second kappa shape index (κ2) is 5.26. The summed E-state index contributed by atoms with van der Waals surface area (Å²) in [6.45, 7) is -0.0588. The van der Waals surface area contributed by atoms with E-state index < -0.39 is 11.2 Å². The highest BCUT2D eigenvalue weighted by Gasteiger charge is 2.15. The number of halogens is 1. The maximum Gasteiger partial charge on any atom is 0.329 e. The number of hydrogen-bond acceptors (Lipinski definition) is 6. The van der Waals surface area contributed by atoms with Gasteiger partial charge in [0.2, 0.25) is 5.88 Å². The lowest BCUT2D eigenvalue weighted by atomic mass is 10.3. The van der Waals surface area contributed by atoms with Crippen LogP contribution in [0.25, 0.3) is 10.9 Å². The third-order valence-electron chi connectivity index (χ3n) is 3.04. The zero-order valence-corrected chi connectivity index (χ0v) is 12.5. The second-order valence-corrected chi connectivity index (χ2v) is 4.92. The smallest absolute Gasteiger partial charge is 0.329 e. The molecule has 0 aliphatic rings. The van der Waals surface area contributed by atoms with Gasteiger partial charge in [-0.3, -0.25) is 14.0 Å². The first-order valence-electron chi connectivity index (χ1n) is 6.21. The van der Waals surface area contributed by atoms with Crippen molar-refractivity contribution in [2.75, 3.05) is 7.11 Å². The number of hydrogen-bond donors (Lipinski definition) is 1. The van der Waals surface area contributed by atoms with Crippen molar-refractivity contribution in [3.8, 4) is 5.88 Å². The van der Waals surface area contributed by atoms with Crippen molar-refractivity contribution in [2.45, 2.75) is 6.54 Å². The van der Waals surface area contributed by atoms with E-state index in [-0.39, 0.29) is 28.5 Å². The molecule has 0 unspecified atom stereocenters. The number of aryl methyl sites for hydroxylation is 1. The number of rotatable bonds is 3.